The van der Waals surface area contributed by atoms with Crippen molar-refractivity contribution in [1.82, 2.24) is 0 Å². The molecule has 1 aromatic carbocycles. The number of thiophene rings is 1. The average Bonchev–Trinajstić information content (AvgIpc) is 2.94. The molecule has 110 valence electrons. The maximum absolute atomic E-state index is 11.9. The Balaban J connectivity index is 1.84. The lowest BCUT2D eigenvalue weighted by molar-refractivity contribution is -0.152. The molecule has 1 N–H and O–H groups in total. The van der Waals surface area contributed by atoms with Gasteiger partial charge in [0.15, 0.2) is 6.10 Å². The van der Waals surface area contributed by atoms with Gasteiger partial charge in [-0.3, -0.25) is 9.59 Å². The molecule has 0 spiro atoms. The van der Waals surface area contributed by atoms with Crippen molar-refractivity contribution < 1.29 is 14.3 Å². The Kier molecular flexibility index (Phi) is 5.52. The summed E-state index contributed by atoms with van der Waals surface area (Å²) in [4.78, 5) is 24.6. The molecule has 1 aromatic heterocycles. The van der Waals surface area contributed by atoms with Gasteiger partial charge in [-0.25, -0.2) is 0 Å². The van der Waals surface area contributed by atoms with Crippen LogP contribution in [0, 0.1) is 0 Å². The van der Waals surface area contributed by atoms with E-state index in [0.717, 1.165) is 9.35 Å². The van der Waals surface area contributed by atoms with Gasteiger partial charge in [0.1, 0.15) is 0 Å². The van der Waals surface area contributed by atoms with Gasteiger partial charge in [0.25, 0.3) is 5.91 Å². The summed E-state index contributed by atoms with van der Waals surface area (Å²) >= 11 is 4.81. The molecule has 1 amide bonds. The van der Waals surface area contributed by atoms with Crippen LogP contribution in [-0.4, -0.2) is 18.0 Å². The Morgan fingerprint density at radius 1 is 1.29 bits per heavy atom. The topological polar surface area (TPSA) is 55.4 Å². The minimum atomic E-state index is -0.832. The molecule has 6 heteroatoms. The van der Waals surface area contributed by atoms with Crippen LogP contribution in [0.1, 0.15) is 11.8 Å². The van der Waals surface area contributed by atoms with E-state index >= 15 is 0 Å². The Labute approximate surface area is 135 Å². The van der Waals surface area contributed by atoms with Crippen molar-refractivity contribution >= 4 is 44.8 Å². The van der Waals surface area contributed by atoms with E-state index in [2.05, 4.69) is 21.2 Å². The molecule has 1 heterocycles. The van der Waals surface area contributed by atoms with Crippen LogP contribution >= 0.6 is 27.3 Å². The number of halogens is 1. The van der Waals surface area contributed by atoms with Gasteiger partial charge >= 0.3 is 5.97 Å². The van der Waals surface area contributed by atoms with Crippen LogP contribution in [0.2, 0.25) is 0 Å². The van der Waals surface area contributed by atoms with Gasteiger partial charge in [-0.15, -0.1) is 11.3 Å². The number of esters is 1. The van der Waals surface area contributed by atoms with Crippen LogP contribution in [0.5, 0.6) is 0 Å². The minimum Gasteiger partial charge on any atom is -0.452 e. The second-order valence-corrected chi connectivity index (χ2v) is 6.33. The zero-order valence-electron chi connectivity index (χ0n) is 11.3. The summed E-state index contributed by atoms with van der Waals surface area (Å²) in [6.07, 6.45) is -0.644. The van der Waals surface area contributed by atoms with Crippen molar-refractivity contribution in [2.24, 2.45) is 0 Å². The molecule has 0 bridgehead atoms. The van der Waals surface area contributed by atoms with Crippen molar-refractivity contribution in [2.75, 3.05) is 5.32 Å². The molecule has 2 aromatic rings. The Morgan fingerprint density at radius 2 is 2.00 bits per heavy atom. The molecule has 0 saturated carbocycles. The molecule has 0 unspecified atom stereocenters. The summed E-state index contributed by atoms with van der Waals surface area (Å²) in [6.45, 7) is 1.56. The largest absolute Gasteiger partial charge is 0.452 e. The van der Waals surface area contributed by atoms with E-state index in [9.17, 15) is 9.59 Å². The summed E-state index contributed by atoms with van der Waals surface area (Å²) in [5, 5.41) is 4.59. The predicted octanol–water partition coefficient (Wildman–Crippen LogP) is 3.62. The van der Waals surface area contributed by atoms with E-state index in [4.69, 9.17) is 4.74 Å². The fourth-order valence-corrected chi connectivity index (χ4v) is 2.58. The number of benzene rings is 1. The zero-order chi connectivity index (χ0) is 15.2. The number of hydrogen-bond donors (Lipinski definition) is 1. The van der Waals surface area contributed by atoms with Crippen molar-refractivity contribution in [2.45, 2.75) is 19.4 Å². The Morgan fingerprint density at radius 3 is 2.62 bits per heavy atom. The lowest BCUT2D eigenvalue weighted by Gasteiger charge is -2.13. The smallest absolute Gasteiger partial charge is 0.311 e. The van der Waals surface area contributed by atoms with Gasteiger partial charge < -0.3 is 10.1 Å². The normalized spacial score (nSPS) is 11.7. The third-order valence-corrected chi connectivity index (χ3v) is 4.09. The third kappa shape index (κ3) is 4.99. The Bertz CT molecular complexity index is 610. The molecule has 0 aliphatic rings. The van der Waals surface area contributed by atoms with E-state index in [0.29, 0.717) is 5.69 Å². The van der Waals surface area contributed by atoms with Crippen LogP contribution in [0.15, 0.2) is 46.3 Å². The molecule has 1 atom stereocenters. The van der Waals surface area contributed by atoms with Crippen LogP contribution < -0.4 is 5.32 Å². The quantitative estimate of drug-likeness (QED) is 0.821. The molecule has 2 rings (SSSR count). The van der Waals surface area contributed by atoms with E-state index in [-0.39, 0.29) is 12.3 Å². The number of ether oxygens (including phenoxy) is 1. The highest BCUT2D eigenvalue weighted by Gasteiger charge is 2.18. The molecule has 0 aliphatic carbocycles. The number of rotatable bonds is 5. The molecule has 0 radical (unpaired) electrons. The molecular formula is C15H14BrNO3S. The van der Waals surface area contributed by atoms with Crippen LogP contribution in [0.3, 0.4) is 0 Å². The fraction of sp³-hybridized carbons (Fsp3) is 0.200. The van der Waals surface area contributed by atoms with E-state index in [1.54, 1.807) is 19.1 Å². The van der Waals surface area contributed by atoms with Gasteiger partial charge in [-0.1, -0.05) is 22.0 Å². The maximum atomic E-state index is 11.9. The van der Waals surface area contributed by atoms with Crippen LogP contribution in [0.25, 0.3) is 0 Å². The molecule has 4 nitrogen and oxygen atoms in total. The van der Waals surface area contributed by atoms with Gasteiger partial charge in [0.05, 0.1) is 6.42 Å². The van der Waals surface area contributed by atoms with Crippen molar-refractivity contribution in [3.8, 4) is 0 Å². The Hall–Kier alpha value is -1.66. The van der Waals surface area contributed by atoms with Crippen molar-refractivity contribution in [3.05, 3.63) is 51.1 Å². The standard InChI is InChI=1S/C15H14BrNO3S/c1-10(20-14(18)9-13-3-2-8-21-13)15(19)17-12-6-4-11(16)5-7-12/h2-8,10H,9H2,1H3,(H,17,19)/t10-/m0/s1. The molecule has 0 fully saturated rings. The number of hydrogen-bond acceptors (Lipinski definition) is 4. The summed E-state index contributed by atoms with van der Waals surface area (Å²) in [7, 11) is 0. The number of carbonyl (C=O) groups is 2. The van der Waals surface area contributed by atoms with E-state index < -0.39 is 12.1 Å². The maximum Gasteiger partial charge on any atom is 0.311 e. The molecule has 21 heavy (non-hydrogen) atoms. The molecule has 0 saturated heterocycles. The average molecular weight is 368 g/mol. The van der Waals surface area contributed by atoms with E-state index in [1.807, 2.05) is 29.6 Å². The summed E-state index contributed by atoms with van der Waals surface area (Å²) < 4.78 is 6.05. The lowest BCUT2D eigenvalue weighted by Crippen LogP contribution is -2.30. The van der Waals surface area contributed by atoms with Gasteiger partial charge in [0, 0.05) is 15.0 Å². The van der Waals surface area contributed by atoms with Crippen LogP contribution in [-0.2, 0) is 20.7 Å². The number of carbonyl (C=O) groups excluding carboxylic acids is 2. The predicted molar refractivity (Wildman–Crippen MR) is 86.3 cm³/mol. The lowest BCUT2D eigenvalue weighted by atomic mass is 10.3. The first-order chi connectivity index (χ1) is 10.0. The highest BCUT2D eigenvalue weighted by Crippen LogP contribution is 2.15. The fourth-order valence-electron chi connectivity index (χ4n) is 1.62. The third-order valence-electron chi connectivity index (χ3n) is 2.69. The van der Waals surface area contributed by atoms with Crippen molar-refractivity contribution in [1.29, 1.82) is 0 Å². The first-order valence-corrected chi connectivity index (χ1v) is 8.00. The highest BCUT2D eigenvalue weighted by atomic mass is 79.9. The second-order valence-electron chi connectivity index (χ2n) is 4.38. The van der Waals surface area contributed by atoms with Gasteiger partial charge in [-0.05, 0) is 42.6 Å². The van der Waals surface area contributed by atoms with Gasteiger partial charge in [0.2, 0.25) is 0 Å². The van der Waals surface area contributed by atoms with Crippen LogP contribution in [0.4, 0.5) is 5.69 Å². The summed E-state index contributed by atoms with van der Waals surface area (Å²) in [5.41, 5.74) is 0.657. The molecule has 0 aliphatic heterocycles. The first kappa shape index (κ1) is 15.7. The second kappa shape index (κ2) is 7.38. The number of nitrogens with one attached hydrogen (secondary N) is 1. The number of anilines is 1. The first-order valence-electron chi connectivity index (χ1n) is 6.33. The molecular weight excluding hydrogens is 354 g/mol. The zero-order valence-corrected chi connectivity index (χ0v) is 13.7. The number of amides is 1. The summed E-state index contributed by atoms with van der Waals surface area (Å²) in [6, 6.07) is 10.9. The van der Waals surface area contributed by atoms with Crippen molar-refractivity contribution in [3.63, 3.8) is 0 Å². The summed E-state index contributed by atoms with van der Waals surface area (Å²) in [5.74, 6) is -0.757. The SMILES string of the molecule is C[C@H](OC(=O)Cc1cccs1)C(=O)Nc1ccc(Br)cc1. The highest BCUT2D eigenvalue weighted by molar-refractivity contribution is 9.10. The van der Waals surface area contributed by atoms with Gasteiger partial charge in [-0.2, -0.15) is 0 Å². The minimum absolute atomic E-state index is 0.188. The monoisotopic (exact) mass is 367 g/mol. The van der Waals surface area contributed by atoms with E-state index in [1.165, 1.54) is 11.3 Å².